The molecule has 11 heteroatoms. The molecule has 0 bridgehead atoms. The molecular weight excluding hydrogens is 405 g/mol. The maximum atomic E-state index is 12.6. The molecule has 0 amide bonds. The SMILES string of the molecule is O=S1(=O)CCC(N2CCC(NS(=O)(=O)c3ccc(C(F)(F)F)cc3)CC2)C1. The van der Waals surface area contributed by atoms with Gasteiger partial charge in [-0.1, -0.05) is 0 Å². The van der Waals surface area contributed by atoms with Crippen molar-refractivity contribution in [3.8, 4) is 0 Å². The molecule has 2 fully saturated rings. The Kier molecular flexibility index (Phi) is 5.59. The van der Waals surface area contributed by atoms with Gasteiger partial charge in [0.2, 0.25) is 10.0 Å². The molecule has 0 radical (unpaired) electrons. The summed E-state index contributed by atoms with van der Waals surface area (Å²) in [6.45, 7) is 1.17. The zero-order valence-corrected chi connectivity index (χ0v) is 16.1. The van der Waals surface area contributed by atoms with E-state index in [9.17, 15) is 30.0 Å². The lowest BCUT2D eigenvalue weighted by molar-refractivity contribution is -0.137. The number of rotatable bonds is 4. The third-order valence-corrected chi connectivity index (χ3v) is 8.35. The van der Waals surface area contributed by atoms with Crippen LogP contribution in [0.1, 0.15) is 24.8 Å². The van der Waals surface area contributed by atoms with Crippen LogP contribution in [0.25, 0.3) is 0 Å². The van der Waals surface area contributed by atoms with Gasteiger partial charge >= 0.3 is 6.18 Å². The van der Waals surface area contributed by atoms with Crippen LogP contribution < -0.4 is 4.72 Å². The second-order valence-electron chi connectivity index (χ2n) is 7.01. The molecule has 0 saturated carbocycles. The number of hydrogen-bond donors (Lipinski definition) is 1. The third-order valence-electron chi connectivity index (χ3n) is 5.07. The van der Waals surface area contributed by atoms with Crippen LogP contribution in [-0.2, 0) is 26.0 Å². The fourth-order valence-electron chi connectivity index (χ4n) is 3.56. The fourth-order valence-corrected chi connectivity index (χ4v) is 6.62. The molecule has 2 heterocycles. The minimum Gasteiger partial charge on any atom is -0.299 e. The average molecular weight is 426 g/mol. The number of sulfonamides is 1. The Bertz CT molecular complexity index is 875. The Balaban J connectivity index is 1.58. The topological polar surface area (TPSA) is 83.6 Å². The molecule has 3 rings (SSSR count). The van der Waals surface area contributed by atoms with Gasteiger partial charge in [-0.3, -0.25) is 4.90 Å². The summed E-state index contributed by atoms with van der Waals surface area (Å²) in [6, 6.07) is 3.05. The highest BCUT2D eigenvalue weighted by Crippen LogP contribution is 2.30. The van der Waals surface area contributed by atoms with E-state index in [4.69, 9.17) is 0 Å². The van der Waals surface area contributed by atoms with E-state index in [-0.39, 0.29) is 28.5 Å². The summed E-state index contributed by atoms with van der Waals surface area (Å²) >= 11 is 0. The summed E-state index contributed by atoms with van der Waals surface area (Å²) in [6.07, 6.45) is -2.87. The quantitative estimate of drug-likeness (QED) is 0.791. The van der Waals surface area contributed by atoms with E-state index in [1.54, 1.807) is 0 Å². The number of likely N-dealkylation sites (tertiary alicyclic amines) is 1. The number of sulfone groups is 1. The van der Waals surface area contributed by atoms with Gasteiger partial charge in [0.1, 0.15) is 0 Å². The third kappa shape index (κ3) is 5.01. The van der Waals surface area contributed by atoms with Crippen molar-refractivity contribution in [3.63, 3.8) is 0 Å². The average Bonchev–Trinajstić information content (AvgIpc) is 2.94. The van der Waals surface area contributed by atoms with Gasteiger partial charge in [-0.05, 0) is 56.6 Å². The Morgan fingerprint density at radius 2 is 1.63 bits per heavy atom. The van der Waals surface area contributed by atoms with Crippen LogP contribution in [0, 0.1) is 0 Å². The van der Waals surface area contributed by atoms with E-state index in [0.717, 1.165) is 24.3 Å². The van der Waals surface area contributed by atoms with Crippen LogP contribution in [0.15, 0.2) is 29.2 Å². The molecule has 2 saturated heterocycles. The van der Waals surface area contributed by atoms with E-state index < -0.39 is 31.6 Å². The van der Waals surface area contributed by atoms with Gasteiger partial charge in [-0.25, -0.2) is 21.6 Å². The summed E-state index contributed by atoms with van der Waals surface area (Å²) in [4.78, 5) is 1.87. The van der Waals surface area contributed by atoms with E-state index in [1.807, 2.05) is 0 Å². The van der Waals surface area contributed by atoms with Crippen molar-refractivity contribution in [2.24, 2.45) is 0 Å². The smallest absolute Gasteiger partial charge is 0.299 e. The fraction of sp³-hybridized carbons (Fsp3) is 0.625. The first kappa shape index (κ1) is 20.6. The summed E-state index contributed by atoms with van der Waals surface area (Å²) in [5.74, 6) is 0.340. The zero-order chi connectivity index (χ0) is 19.9. The molecule has 0 spiro atoms. The van der Waals surface area contributed by atoms with Crippen LogP contribution in [0.3, 0.4) is 0 Å². The number of alkyl halides is 3. The minimum absolute atomic E-state index is 0.0116. The van der Waals surface area contributed by atoms with Crippen molar-refractivity contribution in [2.75, 3.05) is 24.6 Å². The van der Waals surface area contributed by atoms with Crippen LogP contribution in [-0.4, -0.2) is 58.4 Å². The second kappa shape index (κ2) is 7.34. The monoisotopic (exact) mass is 426 g/mol. The molecule has 1 atom stereocenters. The van der Waals surface area contributed by atoms with E-state index in [1.165, 1.54) is 0 Å². The van der Waals surface area contributed by atoms with E-state index in [2.05, 4.69) is 9.62 Å². The first-order chi connectivity index (χ1) is 12.5. The summed E-state index contributed by atoms with van der Waals surface area (Å²) in [5.41, 5.74) is -0.902. The standard InChI is InChI=1S/C16H21F3N2O4S2/c17-16(18,19)12-1-3-15(4-2-12)27(24,25)20-13-5-8-21(9-6-13)14-7-10-26(22,23)11-14/h1-4,13-14,20H,5-11H2. The number of benzene rings is 1. The van der Waals surface area contributed by atoms with E-state index >= 15 is 0 Å². The van der Waals surface area contributed by atoms with Crippen molar-refractivity contribution < 1.29 is 30.0 Å². The number of piperidine rings is 1. The Morgan fingerprint density at radius 3 is 2.11 bits per heavy atom. The first-order valence-corrected chi connectivity index (χ1v) is 11.9. The Labute approximate surface area is 156 Å². The molecule has 1 N–H and O–H groups in total. The first-order valence-electron chi connectivity index (χ1n) is 8.60. The molecule has 1 unspecified atom stereocenters. The van der Waals surface area contributed by atoms with Gasteiger partial charge in [0.15, 0.2) is 9.84 Å². The van der Waals surface area contributed by atoms with Crippen LogP contribution >= 0.6 is 0 Å². The van der Waals surface area contributed by atoms with Gasteiger partial charge in [0, 0.05) is 12.1 Å². The lowest BCUT2D eigenvalue weighted by atomic mass is 10.0. The van der Waals surface area contributed by atoms with Gasteiger partial charge in [0.05, 0.1) is 22.0 Å². The van der Waals surface area contributed by atoms with Crippen molar-refractivity contribution in [1.29, 1.82) is 0 Å². The second-order valence-corrected chi connectivity index (χ2v) is 11.0. The molecule has 6 nitrogen and oxygen atoms in total. The Morgan fingerprint density at radius 1 is 1.04 bits per heavy atom. The highest BCUT2D eigenvalue weighted by atomic mass is 32.2. The normalized spacial score (nSPS) is 24.9. The highest BCUT2D eigenvalue weighted by Gasteiger charge is 2.35. The van der Waals surface area contributed by atoms with Gasteiger partial charge in [-0.15, -0.1) is 0 Å². The van der Waals surface area contributed by atoms with Gasteiger partial charge < -0.3 is 0 Å². The van der Waals surface area contributed by atoms with Crippen molar-refractivity contribution in [3.05, 3.63) is 29.8 Å². The zero-order valence-electron chi connectivity index (χ0n) is 14.4. The summed E-state index contributed by atoms with van der Waals surface area (Å²) in [5, 5.41) is 0. The summed E-state index contributed by atoms with van der Waals surface area (Å²) < 4.78 is 88.3. The maximum absolute atomic E-state index is 12.6. The highest BCUT2D eigenvalue weighted by molar-refractivity contribution is 7.91. The minimum atomic E-state index is -4.52. The van der Waals surface area contributed by atoms with Crippen molar-refractivity contribution in [1.82, 2.24) is 9.62 Å². The molecule has 0 aliphatic carbocycles. The number of nitrogens with zero attached hydrogens (tertiary/aromatic N) is 1. The molecular formula is C16H21F3N2O4S2. The predicted octanol–water partition coefficient (Wildman–Crippen LogP) is 1.64. The molecule has 152 valence electrons. The molecule has 2 aliphatic rings. The van der Waals surface area contributed by atoms with E-state index in [0.29, 0.717) is 32.4 Å². The molecule has 1 aromatic rings. The van der Waals surface area contributed by atoms with Crippen LogP contribution in [0.4, 0.5) is 13.2 Å². The van der Waals surface area contributed by atoms with Crippen LogP contribution in [0.2, 0.25) is 0 Å². The lowest BCUT2D eigenvalue weighted by Crippen LogP contribution is -2.48. The molecule has 27 heavy (non-hydrogen) atoms. The predicted molar refractivity (Wildman–Crippen MR) is 93.4 cm³/mol. The van der Waals surface area contributed by atoms with Crippen LogP contribution in [0.5, 0.6) is 0 Å². The van der Waals surface area contributed by atoms with Crippen molar-refractivity contribution in [2.45, 2.75) is 42.4 Å². The maximum Gasteiger partial charge on any atom is 0.416 e. The summed E-state index contributed by atoms with van der Waals surface area (Å²) in [7, 11) is -6.88. The molecule has 2 aliphatic heterocycles. The number of halogens is 3. The van der Waals surface area contributed by atoms with Gasteiger partial charge in [0.25, 0.3) is 0 Å². The number of nitrogens with one attached hydrogen (secondary N) is 1. The largest absolute Gasteiger partial charge is 0.416 e. The van der Waals surface area contributed by atoms with Gasteiger partial charge in [-0.2, -0.15) is 13.2 Å². The van der Waals surface area contributed by atoms with Crippen molar-refractivity contribution >= 4 is 19.9 Å². The number of hydrogen-bond acceptors (Lipinski definition) is 5. The lowest BCUT2D eigenvalue weighted by Gasteiger charge is -2.35. The molecule has 0 aromatic heterocycles. The Hall–Kier alpha value is -1.17. The molecule has 1 aromatic carbocycles.